The summed E-state index contributed by atoms with van der Waals surface area (Å²) < 4.78 is 0. The summed E-state index contributed by atoms with van der Waals surface area (Å²) >= 11 is 5.68. The van der Waals surface area contributed by atoms with Crippen molar-refractivity contribution < 1.29 is 4.79 Å². The molecule has 0 aliphatic heterocycles. The van der Waals surface area contributed by atoms with E-state index in [2.05, 4.69) is 16.4 Å². The number of halogens is 1. The number of carbonyl (C=O) groups excluding carboxylic acids is 1. The highest BCUT2D eigenvalue weighted by molar-refractivity contribution is 6.17. The van der Waals surface area contributed by atoms with E-state index < -0.39 is 0 Å². The van der Waals surface area contributed by atoms with Crippen molar-refractivity contribution in [3.05, 3.63) is 36.5 Å². The van der Waals surface area contributed by atoms with Crippen molar-refractivity contribution in [1.29, 1.82) is 5.26 Å². The number of nitrogens with zero attached hydrogens (tertiary/aromatic N) is 2. The van der Waals surface area contributed by atoms with Gasteiger partial charge in [-0.3, -0.25) is 9.78 Å². The van der Waals surface area contributed by atoms with Crippen LogP contribution in [0.15, 0.2) is 36.5 Å². The lowest BCUT2D eigenvalue weighted by atomic mass is 9.94. The van der Waals surface area contributed by atoms with Gasteiger partial charge < -0.3 is 5.32 Å². The summed E-state index contributed by atoms with van der Waals surface area (Å²) in [5.41, 5.74) is 1.51. The largest absolute Gasteiger partial charge is 0.324 e. The predicted octanol–water partition coefficient (Wildman–Crippen LogP) is 5.28. The van der Waals surface area contributed by atoms with Crippen LogP contribution in [0.1, 0.15) is 44.9 Å². The fraction of sp³-hybridized carbons (Fsp3) is 0.450. The molecule has 2 rings (SSSR count). The molecule has 0 aliphatic rings. The predicted molar refractivity (Wildman–Crippen MR) is 103 cm³/mol. The first-order valence-electron chi connectivity index (χ1n) is 8.81. The molecule has 0 saturated heterocycles. The Morgan fingerprint density at radius 2 is 2.00 bits per heavy atom. The van der Waals surface area contributed by atoms with Crippen molar-refractivity contribution >= 4 is 34.1 Å². The maximum atomic E-state index is 12.4. The van der Waals surface area contributed by atoms with Gasteiger partial charge >= 0.3 is 0 Å². The number of hydrogen-bond donors (Lipinski definition) is 1. The highest BCUT2D eigenvalue weighted by atomic mass is 35.5. The van der Waals surface area contributed by atoms with Gasteiger partial charge in [-0.15, -0.1) is 11.6 Å². The Bertz CT molecular complexity index is 721. The Hall–Kier alpha value is -2.12. The van der Waals surface area contributed by atoms with Crippen molar-refractivity contribution in [1.82, 2.24) is 4.98 Å². The van der Waals surface area contributed by atoms with Crippen LogP contribution in [0.5, 0.6) is 0 Å². The Kier molecular flexibility index (Phi) is 8.21. The summed E-state index contributed by atoms with van der Waals surface area (Å²) in [5, 5.41) is 13.0. The zero-order valence-corrected chi connectivity index (χ0v) is 15.1. The van der Waals surface area contributed by atoms with E-state index in [9.17, 15) is 4.79 Å². The Balaban J connectivity index is 1.90. The number of para-hydroxylation sites is 1. The van der Waals surface area contributed by atoms with Crippen molar-refractivity contribution in [2.45, 2.75) is 44.9 Å². The number of fused-ring (bicyclic) bond motifs is 1. The summed E-state index contributed by atoms with van der Waals surface area (Å²) in [4.78, 5) is 16.8. The molecule has 25 heavy (non-hydrogen) atoms. The monoisotopic (exact) mass is 357 g/mol. The highest BCUT2D eigenvalue weighted by Crippen LogP contribution is 2.23. The molecule has 0 fully saturated rings. The van der Waals surface area contributed by atoms with Crippen molar-refractivity contribution in [3.63, 3.8) is 0 Å². The van der Waals surface area contributed by atoms with Crippen molar-refractivity contribution in [2.24, 2.45) is 5.92 Å². The number of rotatable bonds is 10. The number of nitriles is 1. The molecule has 0 saturated carbocycles. The fourth-order valence-corrected chi connectivity index (χ4v) is 3.14. The minimum absolute atomic E-state index is 0.0563. The molecular formula is C20H24ClN3O. The Morgan fingerprint density at radius 1 is 1.20 bits per heavy atom. The quantitative estimate of drug-likeness (QED) is 0.464. The second-order valence-electron chi connectivity index (χ2n) is 6.25. The minimum Gasteiger partial charge on any atom is -0.324 e. The first-order chi connectivity index (χ1) is 12.2. The van der Waals surface area contributed by atoms with E-state index >= 15 is 0 Å². The van der Waals surface area contributed by atoms with Gasteiger partial charge in [0.15, 0.2) is 0 Å². The van der Waals surface area contributed by atoms with Crippen LogP contribution in [-0.4, -0.2) is 16.8 Å². The summed E-state index contributed by atoms with van der Waals surface area (Å²) in [6.45, 7) is 0. The van der Waals surface area contributed by atoms with Gasteiger partial charge in [0.1, 0.15) is 0 Å². The van der Waals surface area contributed by atoms with Crippen LogP contribution in [0.2, 0.25) is 0 Å². The van der Waals surface area contributed by atoms with Crippen LogP contribution in [0, 0.1) is 17.2 Å². The number of alkyl halides is 1. The van der Waals surface area contributed by atoms with Gasteiger partial charge in [-0.05, 0) is 30.9 Å². The van der Waals surface area contributed by atoms with E-state index in [1.54, 1.807) is 6.20 Å². The summed E-state index contributed by atoms with van der Waals surface area (Å²) in [6, 6.07) is 11.8. The summed E-state index contributed by atoms with van der Waals surface area (Å²) in [5.74, 6) is 0.742. The Labute approximate surface area is 154 Å². The van der Waals surface area contributed by atoms with Crippen LogP contribution in [0.3, 0.4) is 0 Å². The molecule has 1 heterocycles. The van der Waals surface area contributed by atoms with Gasteiger partial charge in [-0.2, -0.15) is 5.26 Å². The number of carbonyl (C=O) groups is 1. The number of unbranched alkanes of at least 4 members (excludes halogenated alkanes) is 3. The van der Waals surface area contributed by atoms with Crippen LogP contribution in [-0.2, 0) is 4.79 Å². The maximum absolute atomic E-state index is 12.4. The topological polar surface area (TPSA) is 65.8 Å². The number of hydrogen-bond acceptors (Lipinski definition) is 3. The number of aromatic nitrogens is 1. The van der Waals surface area contributed by atoms with Crippen LogP contribution >= 0.6 is 11.6 Å². The van der Waals surface area contributed by atoms with E-state index in [1.807, 2.05) is 30.3 Å². The van der Waals surface area contributed by atoms with E-state index in [1.165, 1.54) is 0 Å². The number of amides is 1. The van der Waals surface area contributed by atoms with Gasteiger partial charge in [-0.1, -0.05) is 37.5 Å². The molecule has 4 nitrogen and oxygen atoms in total. The zero-order chi connectivity index (χ0) is 17.9. The number of anilines is 1. The van der Waals surface area contributed by atoms with Crippen LogP contribution in [0.25, 0.3) is 10.9 Å². The molecule has 132 valence electrons. The molecular weight excluding hydrogens is 334 g/mol. The van der Waals surface area contributed by atoms with Crippen molar-refractivity contribution in [2.75, 3.05) is 11.2 Å². The average Bonchev–Trinajstić information content (AvgIpc) is 2.62. The number of benzene rings is 1. The third-order valence-corrected chi connectivity index (χ3v) is 4.52. The Morgan fingerprint density at radius 3 is 2.80 bits per heavy atom. The van der Waals surface area contributed by atoms with E-state index in [4.69, 9.17) is 16.9 Å². The van der Waals surface area contributed by atoms with Gasteiger partial charge in [0.05, 0.1) is 17.3 Å². The molecule has 0 spiro atoms. The van der Waals surface area contributed by atoms with Gasteiger partial charge in [0.2, 0.25) is 5.91 Å². The molecule has 1 aromatic heterocycles. The van der Waals surface area contributed by atoms with Crippen LogP contribution < -0.4 is 5.32 Å². The first kappa shape index (κ1) is 19.2. The van der Waals surface area contributed by atoms with E-state index in [0.717, 1.165) is 48.7 Å². The number of nitrogens with one attached hydrogen (secondary N) is 1. The molecule has 1 aromatic carbocycles. The molecule has 2 aromatic rings. The molecule has 0 radical (unpaired) electrons. The van der Waals surface area contributed by atoms with Crippen molar-refractivity contribution in [3.8, 4) is 6.07 Å². The normalized spacial score (nSPS) is 11.8. The SMILES string of the molecule is N#CCC(CCCCCCCl)CC(=O)Nc1cccc2cccnc12. The average molecular weight is 358 g/mol. The third-order valence-electron chi connectivity index (χ3n) is 4.26. The highest BCUT2D eigenvalue weighted by Gasteiger charge is 2.15. The smallest absolute Gasteiger partial charge is 0.224 e. The van der Waals surface area contributed by atoms with E-state index in [-0.39, 0.29) is 11.8 Å². The lowest BCUT2D eigenvalue weighted by Gasteiger charge is -2.14. The molecule has 1 N–H and O–H groups in total. The molecule has 1 atom stereocenters. The van der Waals surface area contributed by atoms with Gasteiger partial charge in [0, 0.05) is 30.3 Å². The second kappa shape index (κ2) is 10.7. The second-order valence-corrected chi connectivity index (χ2v) is 6.63. The standard InChI is InChI=1S/C20H24ClN3O/c21-12-4-2-1-3-7-16(11-13-22)15-19(25)24-18-10-5-8-17-9-6-14-23-20(17)18/h5-6,8-10,14,16H,1-4,7,11-12,15H2,(H,24,25). The molecule has 5 heteroatoms. The number of pyridine rings is 1. The zero-order valence-electron chi connectivity index (χ0n) is 14.4. The summed E-state index contributed by atoms with van der Waals surface area (Å²) in [6.07, 6.45) is 7.67. The molecule has 1 amide bonds. The first-order valence-corrected chi connectivity index (χ1v) is 9.34. The third kappa shape index (κ3) is 6.36. The summed E-state index contributed by atoms with van der Waals surface area (Å²) in [7, 11) is 0. The minimum atomic E-state index is -0.0563. The molecule has 0 bridgehead atoms. The van der Waals surface area contributed by atoms with E-state index in [0.29, 0.717) is 18.7 Å². The maximum Gasteiger partial charge on any atom is 0.224 e. The lowest BCUT2D eigenvalue weighted by Crippen LogP contribution is -2.17. The van der Waals surface area contributed by atoms with Crippen LogP contribution in [0.4, 0.5) is 5.69 Å². The van der Waals surface area contributed by atoms with Gasteiger partial charge in [-0.25, -0.2) is 0 Å². The molecule has 1 unspecified atom stereocenters. The fourth-order valence-electron chi connectivity index (χ4n) is 2.95. The molecule has 0 aliphatic carbocycles. The lowest BCUT2D eigenvalue weighted by molar-refractivity contribution is -0.117. The van der Waals surface area contributed by atoms with Gasteiger partial charge in [0.25, 0.3) is 0 Å².